The van der Waals surface area contributed by atoms with Crippen molar-refractivity contribution >= 4 is 23.2 Å². The Morgan fingerprint density at radius 3 is 2.13 bits per heavy atom. The topological polar surface area (TPSA) is 61.4 Å². The molecule has 2 amide bonds. The summed E-state index contributed by atoms with van der Waals surface area (Å²) < 4.78 is 0. The number of carbonyl (C=O) groups is 2. The molecule has 0 bridgehead atoms. The summed E-state index contributed by atoms with van der Waals surface area (Å²) in [5.41, 5.74) is 3.75. The van der Waals surface area contributed by atoms with Gasteiger partial charge in [-0.05, 0) is 42.7 Å². The maximum atomic E-state index is 13.1. The van der Waals surface area contributed by atoms with Crippen molar-refractivity contribution < 1.29 is 9.59 Å². The fourth-order valence-corrected chi connectivity index (χ4v) is 3.92. The van der Waals surface area contributed by atoms with E-state index in [0.29, 0.717) is 6.42 Å². The minimum absolute atomic E-state index is 0.0969. The van der Waals surface area contributed by atoms with Gasteiger partial charge in [0.05, 0.1) is 6.04 Å². The lowest BCUT2D eigenvalue weighted by Crippen LogP contribution is -2.40. The van der Waals surface area contributed by atoms with Gasteiger partial charge < -0.3 is 15.5 Å². The number of rotatable bonds is 7. The summed E-state index contributed by atoms with van der Waals surface area (Å²) in [6, 6.07) is 26.9. The van der Waals surface area contributed by atoms with E-state index in [9.17, 15) is 9.59 Å². The van der Waals surface area contributed by atoms with Crippen molar-refractivity contribution in [3.63, 3.8) is 0 Å². The predicted octanol–water partition coefficient (Wildman–Crippen LogP) is 4.52. The van der Waals surface area contributed by atoms with E-state index >= 15 is 0 Å². The third kappa shape index (κ3) is 4.94. The summed E-state index contributed by atoms with van der Waals surface area (Å²) in [4.78, 5) is 26.9. The molecular formula is C26H27N3O2. The van der Waals surface area contributed by atoms with Gasteiger partial charge in [-0.1, -0.05) is 66.7 Å². The van der Waals surface area contributed by atoms with Gasteiger partial charge in [-0.25, -0.2) is 0 Å². The summed E-state index contributed by atoms with van der Waals surface area (Å²) in [6.45, 7) is 2.59. The van der Waals surface area contributed by atoms with Gasteiger partial charge in [0.15, 0.2) is 0 Å². The molecule has 3 aromatic carbocycles. The Morgan fingerprint density at radius 1 is 0.903 bits per heavy atom. The first-order chi connectivity index (χ1) is 15.1. The predicted molar refractivity (Wildman–Crippen MR) is 124 cm³/mol. The Kier molecular flexibility index (Phi) is 6.32. The minimum Gasteiger partial charge on any atom is -0.374 e. The smallest absolute Gasteiger partial charge is 0.242 e. The lowest BCUT2D eigenvalue weighted by Gasteiger charge is -2.23. The van der Waals surface area contributed by atoms with Crippen LogP contribution in [0.25, 0.3) is 0 Å². The molecule has 0 spiro atoms. The molecule has 1 atom stereocenters. The van der Waals surface area contributed by atoms with E-state index in [4.69, 9.17) is 0 Å². The zero-order valence-electron chi connectivity index (χ0n) is 17.6. The van der Waals surface area contributed by atoms with E-state index in [1.165, 1.54) is 0 Å². The first-order valence-corrected chi connectivity index (χ1v) is 10.7. The fourth-order valence-electron chi connectivity index (χ4n) is 3.92. The van der Waals surface area contributed by atoms with Crippen LogP contribution in [0.1, 0.15) is 36.9 Å². The molecule has 0 saturated carbocycles. The van der Waals surface area contributed by atoms with Gasteiger partial charge in [0.25, 0.3) is 0 Å². The van der Waals surface area contributed by atoms with Crippen molar-refractivity contribution in [2.45, 2.75) is 31.8 Å². The summed E-state index contributed by atoms with van der Waals surface area (Å²) in [5, 5.41) is 6.46. The maximum Gasteiger partial charge on any atom is 0.242 e. The van der Waals surface area contributed by atoms with Crippen LogP contribution in [0, 0.1) is 0 Å². The van der Waals surface area contributed by atoms with Crippen molar-refractivity contribution in [3.8, 4) is 0 Å². The monoisotopic (exact) mass is 413 g/mol. The summed E-state index contributed by atoms with van der Waals surface area (Å²) in [7, 11) is 0. The number of carbonyl (C=O) groups excluding carboxylic acids is 2. The molecule has 1 aliphatic rings. The molecule has 1 heterocycles. The largest absolute Gasteiger partial charge is 0.374 e. The number of amides is 2. The van der Waals surface area contributed by atoms with E-state index in [2.05, 4.69) is 10.6 Å². The molecule has 5 nitrogen and oxygen atoms in total. The summed E-state index contributed by atoms with van der Waals surface area (Å²) in [6.07, 6.45) is 1.48. The number of hydrogen-bond acceptors (Lipinski definition) is 3. The van der Waals surface area contributed by atoms with E-state index in [-0.39, 0.29) is 17.9 Å². The van der Waals surface area contributed by atoms with Crippen molar-refractivity contribution in [1.82, 2.24) is 5.32 Å². The zero-order valence-corrected chi connectivity index (χ0v) is 17.6. The lowest BCUT2D eigenvalue weighted by molar-refractivity contribution is -0.122. The highest BCUT2D eigenvalue weighted by Gasteiger charge is 2.23. The average molecular weight is 414 g/mol. The Balaban J connectivity index is 1.48. The zero-order chi connectivity index (χ0) is 21.6. The van der Waals surface area contributed by atoms with Crippen LogP contribution in [-0.2, 0) is 9.59 Å². The molecule has 4 rings (SSSR count). The van der Waals surface area contributed by atoms with Crippen LogP contribution in [-0.4, -0.2) is 24.4 Å². The molecule has 0 aromatic heterocycles. The minimum atomic E-state index is -0.445. The molecule has 158 valence electrons. The van der Waals surface area contributed by atoms with Crippen molar-refractivity contribution in [2.75, 3.05) is 16.8 Å². The average Bonchev–Trinajstić information content (AvgIpc) is 3.24. The van der Waals surface area contributed by atoms with Crippen LogP contribution in [0.2, 0.25) is 0 Å². The van der Waals surface area contributed by atoms with Crippen molar-refractivity contribution in [1.29, 1.82) is 0 Å². The molecule has 5 heteroatoms. The first-order valence-electron chi connectivity index (χ1n) is 10.7. The van der Waals surface area contributed by atoms with Gasteiger partial charge in [0.2, 0.25) is 11.8 Å². The molecule has 1 fully saturated rings. The van der Waals surface area contributed by atoms with E-state index in [1.807, 2.05) is 91.9 Å². The molecule has 0 aliphatic carbocycles. The second-order valence-electron chi connectivity index (χ2n) is 7.83. The van der Waals surface area contributed by atoms with Crippen molar-refractivity contribution in [3.05, 3.63) is 96.1 Å². The van der Waals surface area contributed by atoms with E-state index in [1.54, 1.807) is 4.90 Å². The highest BCUT2D eigenvalue weighted by atomic mass is 16.2. The van der Waals surface area contributed by atoms with Gasteiger partial charge >= 0.3 is 0 Å². The Labute approximate surface area is 183 Å². The van der Waals surface area contributed by atoms with Gasteiger partial charge in [-0.15, -0.1) is 0 Å². The van der Waals surface area contributed by atoms with Crippen LogP contribution in [0.4, 0.5) is 11.4 Å². The van der Waals surface area contributed by atoms with Gasteiger partial charge in [0.1, 0.15) is 6.04 Å². The number of hydrogen-bond donors (Lipinski definition) is 2. The van der Waals surface area contributed by atoms with Crippen LogP contribution >= 0.6 is 0 Å². The highest BCUT2D eigenvalue weighted by Crippen LogP contribution is 2.25. The van der Waals surface area contributed by atoms with Crippen LogP contribution in [0.15, 0.2) is 84.9 Å². The molecular weight excluding hydrogens is 386 g/mol. The standard InChI is InChI=1S/C26H27N3O2/c1-19(27-22-14-8-15-23(18-22)29-17-9-16-24(29)30)26(31)28-25(20-10-4-2-5-11-20)21-12-6-3-7-13-21/h2-8,10-15,18-19,25,27H,9,16-17H2,1H3,(H,28,31). The Hall–Kier alpha value is -3.60. The SMILES string of the molecule is CC(Nc1cccc(N2CCCC2=O)c1)C(=O)NC(c1ccccc1)c1ccccc1. The normalized spacial score (nSPS) is 14.5. The van der Waals surface area contributed by atoms with Crippen LogP contribution in [0.5, 0.6) is 0 Å². The maximum absolute atomic E-state index is 13.1. The highest BCUT2D eigenvalue weighted by molar-refractivity contribution is 5.95. The number of anilines is 2. The molecule has 1 aliphatic heterocycles. The fraction of sp³-hybridized carbons (Fsp3) is 0.231. The molecule has 3 aromatic rings. The molecule has 0 radical (unpaired) electrons. The van der Waals surface area contributed by atoms with Crippen molar-refractivity contribution in [2.24, 2.45) is 0 Å². The number of benzene rings is 3. The summed E-state index contributed by atoms with van der Waals surface area (Å²) in [5.74, 6) is 0.0527. The molecule has 31 heavy (non-hydrogen) atoms. The lowest BCUT2D eigenvalue weighted by atomic mass is 9.98. The molecule has 1 saturated heterocycles. The van der Waals surface area contributed by atoms with Crippen LogP contribution in [0.3, 0.4) is 0 Å². The van der Waals surface area contributed by atoms with Crippen LogP contribution < -0.4 is 15.5 Å². The third-order valence-electron chi connectivity index (χ3n) is 5.56. The molecule has 2 N–H and O–H groups in total. The first kappa shape index (κ1) is 20.7. The molecule has 1 unspecified atom stereocenters. The van der Waals surface area contributed by atoms with E-state index < -0.39 is 6.04 Å². The third-order valence-corrected chi connectivity index (χ3v) is 5.56. The second-order valence-corrected chi connectivity index (χ2v) is 7.83. The van der Waals surface area contributed by atoms with Gasteiger partial charge in [-0.3, -0.25) is 9.59 Å². The quantitative estimate of drug-likeness (QED) is 0.599. The van der Waals surface area contributed by atoms with Gasteiger partial charge in [-0.2, -0.15) is 0 Å². The number of nitrogens with one attached hydrogen (secondary N) is 2. The van der Waals surface area contributed by atoms with Gasteiger partial charge in [0, 0.05) is 24.3 Å². The van der Waals surface area contributed by atoms with E-state index in [0.717, 1.165) is 35.5 Å². The number of nitrogens with zero attached hydrogens (tertiary/aromatic N) is 1. The summed E-state index contributed by atoms with van der Waals surface area (Å²) >= 11 is 0. The Morgan fingerprint density at radius 2 is 1.55 bits per heavy atom. The second kappa shape index (κ2) is 9.47. The Bertz CT molecular complexity index is 997.